The van der Waals surface area contributed by atoms with E-state index < -0.39 is 108 Å². The van der Waals surface area contributed by atoms with Gasteiger partial charge in [0.15, 0.2) is 12.6 Å². The van der Waals surface area contributed by atoms with Crippen molar-refractivity contribution in [2.24, 2.45) is 23.7 Å². The summed E-state index contributed by atoms with van der Waals surface area (Å²) in [6, 6.07) is 9.54. The third-order valence-corrected chi connectivity index (χ3v) is 13.2. The van der Waals surface area contributed by atoms with Crippen LogP contribution in [0, 0.1) is 23.7 Å². The first-order valence-corrected chi connectivity index (χ1v) is 20.8. The quantitative estimate of drug-likeness (QED) is 0.199. The fourth-order valence-corrected chi connectivity index (χ4v) is 9.50. The van der Waals surface area contributed by atoms with Gasteiger partial charge in [-0.15, -0.1) is 0 Å². The van der Waals surface area contributed by atoms with Crippen molar-refractivity contribution in [3.63, 3.8) is 0 Å². The van der Waals surface area contributed by atoms with Gasteiger partial charge in [-0.2, -0.15) is 0 Å². The summed E-state index contributed by atoms with van der Waals surface area (Å²) in [5, 5.41) is 70.3. The minimum Gasteiger partial charge on any atom is -0.459 e. The Morgan fingerprint density at radius 1 is 0.860 bits per heavy atom. The average Bonchev–Trinajstić information content (AvgIpc) is 3.16. The topological polar surface area (TPSA) is 197 Å². The lowest BCUT2D eigenvalue weighted by atomic mass is 9.73. The van der Waals surface area contributed by atoms with Gasteiger partial charge in [-0.05, 0) is 79.3 Å². The summed E-state index contributed by atoms with van der Waals surface area (Å²) < 4.78 is 37.7. The number of aliphatic hydroxyl groups is 6. The molecular formula is C43H73NO13. The lowest BCUT2D eigenvalue weighted by Crippen LogP contribution is -2.61. The molecule has 0 saturated carbocycles. The van der Waals surface area contributed by atoms with E-state index in [4.69, 9.17) is 28.4 Å². The standard InChI is InChI=1S/C43H73NO13/c1-13-31-43(10,51)36(47)25(4)33(45)23(2)20-41(8,50)38(57-40-34(46)30(19-24(3)53-40)44(11)22-29-17-15-14-16-18-29)26(5)35(27(6)39(49)55-31)56-32-21-42(9,52-12)37(48)28(7)54-32/h14-18,23-28,30-38,40,45-48,50-51H,13,19-22H2,1-12H3/t23-,24-,25+,26+,27-,28+,30+,31-,32+,33+,34-,35+,36-,37+,38-,40+,41?,42-,43-/m1/s1. The summed E-state index contributed by atoms with van der Waals surface area (Å²) in [4.78, 5) is 16.3. The molecule has 14 heteroatoms. The molecule has 0 aliphatic carbocycles. The van der Waals surface area contributed by atoms with Crippen LogP contribution in [0.4, 0.5) is 0 Å². The number of hydrogen-bond donors (Lipinski definition) is 6. The molecule has 57 heavy (non-hydrogen) atoms. The van der Waals surface area contributed by atoms with E-state index in [0.29, 0.717) is 13.0 Å². The van der Waals surface area contributed by atoms with E-state index in [1.165, 1.54) is 14.0 Å². The van der Waals surface area contributed by atoms with E-state index in [0.717, 1.165) is 5.56 Å². The van der Waals surface area contributed by atoms with Crippen molar-refractivity contribution in [3.8, 4) is 0 Å². The van der Waals surface area contributed by atoms with Crippen molar-refractivity contribution in [1.29, 1.82) is 0 Å². The molecule has 328 valence electrons. The Hall–Kier alpha value is -1.79. The molecule has 19 atom stereocenters. The number of hydrogen-bond acceptors (Lipinski definition) is 14. The van der Waals surface area contributed by atoms with Gasteiger partial charge in [0.2, 0.25) is 0 Å². The molecule has 3 aliphatic rings. The smallest absolute Gasteiger partial charge is 0.311 e. The van der Waals surface area contributed by atoms with Gasteiger partial charge < -0.3 is 59.1 Å². The first kappa shape index (κ1) is 47.9. The molecule has 0 aromatic heterocycles. The summed E-state index contributed by atoms with van der Waals surface area (Å²) >= 11 is 0. The molecule has 3 heterocycles. The lowest BCUT2D eigenvalue weighted by molar-refractivity contribution is -0.319. The van der Waals surface area contributed by atoms with E-state index in [-0.39, 0.29) is 31.4 Å². The molecule has 3 aliphatic heterocycles. The van der Waals surface area contributed by atoms with Gasteiger partial charge in [0.05, 0.1) is 53.7 Å². The molecule has 0 bridgehead atoms. The zero-order valence-corrected chi connectivity index (χ0v) is 36.1. The Morgan fingerprint density at radius 2 is 1.49 bits per heavy atom. The monoisotopic (exact) mass is 812 g/mol. The Morgan fingerprint density at radius 3 is 2.09 bits per heavy atom. The van der Waals surface area contributed by atoms with Crippen LogP contribution in [-0.4, -0.2) is 146 Å². The second kappa shape index (κ2) is 19.3. The van der Waals surface area contributed by atoms with Gasteiger partial charge in [0, 0.05) is 38.0 Å². The molecule has 4 rings (SSSR count). The maximum Gasteiger partial charge on any atom is 0.311 e. The van der Waals surface area contributed by atoms with Crippen LogP contribution in [0.25, 0.3) is 0 Å². The highest BCUT2D eigenvalue weighted by Crippen LogP contribution is 2.41. The predicted molar refractivity (Wildman–Crippen MR) is 211 cm³/mol. The van der Waals surface area contributed by atoms with E-state index in [2.05, 4.69) is 4.90 Å². The van der Waals surface area contributed by atoms with E-state index in [9.17, 15) is 35.4 Å². The number of ether oxygens (including phenoxy) is 6. The molecule has 1 aromatic rings. The first-order valence-electron chi connectivity index (χ1n) is 20.8. The number of cyclic esters (lactones) is 1. The Balaban J connectivity index is 1.79. The summed E-state index contributed by atoms with van der Waals surface area (Å²) in [7, 11) is 3.43. The zero-order valence-electron chi connectivity index (χ0n) is 36.1. The number of nitrogens with zero attached hydrogens (tertiary/aromatic N) is 1. The van der Waals surface area contributed by atoms with Crippen molar-refractivity contribution in [2.45, 2.75) is 192 Å². The van der Waals surface area contributed by atoms with Gasteiger partial charge in [-0.1, -0.05) is 58.0 Å². The molecule has 14 nitrogen and oxygen atoms in total. The highest BCUT2D eigenvalue weighted by molar-refractivity contribution is 5.73. The molecule has 0 amide bonds. The van der Waals surface area contributed by atoms with E-state index in [1.54, 1.807) is 55.4 Å². The van der Waals surface area contributed by atoms with Gasteiger partial charge in [0.25, 0.3) is 0 Å². The van der Waals surface area contributed by atoms with Gasteiger partial charge in [-0.25, -0.2) is 0 Å². The third-order valence-electron chi connectivity index (χ3n) is 13.2. The van der Waals surface area contributed by atoms with Crippen LogP contribution in [-0.2, 0) is 39.8 Å². The van der Waals surface area contributed by atoms with Crippen LogP contribution in [0.2, 0.25) is 0 Å². The number of esters is 1. The van der Waals surface area contributed by atoms with E-state index in [1.807, 2.05) is 44.3 Å². The van der Waals surface area contributed by atoms with Crippen LogP contribution >= 0.6 is 0 Å². The zero-order chi connectivity index (χ0) is 42.8. The van der Waals surface area contributed by atoms with Gasteiger partial charge >= 0.3 is 5.97 Å². The van der Waals surface area contributed by atoms with Crippen molar-refractivity contribution in [3.05, 3.63) is 35.9 Å². The van der Waals surface area contributed by atoms with Crippen molar-refractivity contribution < 1.29 is 63.9 Å². The number of carbonyl (C=O) groups excluding carboxylic acids is 1. The molecular weight excluding hydrogens is 738 g/mol. The third kappa shape index (κ3) is 10.8. The maximum absolute atomic E-state index is 14.2. The predicted octanol–water partition coefficient (Wildman–Crippen LogP) is 3.15. The second-order valence-electron chi connectivity index (χ2n) is 18.1. The highest BCUT2D eigenvalue weighted by atomic mass is 16.7. The number of carbonyl (C=O) groups is 1. The van der Waals surface area contributed by atoms with Crippen LogP contribution in [0.15, 0.2) is 30.3 Å². The lowest BCUT2D eigenvalue weighted by Gasteiger charge is -2.49. The second-order valence-corrected chi connectivity index (χ2v) is 18.1. The van der Waals surface area contributed by atoms with Crippen LogP contribution in [0.5, 0.6) is 0 Å². The number of benzene rings is 1. The summed E-state index contributed by atoms with van der Waals surface area (Å²) in [6.07, 6.45) is -10.8. The minimum absolute atomic E-state index is 0.0499. The average molecular weight is 812 g/mol. The summed E-state index contributed by atoms with van der Waals surface area (Å²) in [6.45, 7) is 17.3. The molecule has 3 fully saturated rings. The van der Waals surface area contributed by atoms with Crippen molar-refractivity contribution in [1.82, 2.24) is 4.90 Å². The molecule has 1 aromatic carbocycles. The summed E-state index contributed by atoms with van der Waals surface area (Å²) in [5.41, 5.74) is -3.69. The van der Waals surface area contributed by atoms with Gasteiger partial charge in [0.1, 0.15) is 23.9 Å². The van der Waals surface area contributed by atoms with Crippen LogP contribution in [0.3, 0.4) is 0 Å². The van der Waals surface area contributed by atoms with E-state index >= 15 is 0 Å². The van der Waals surface area contributed by atoms with Gasteiger partial charge in [-0.3, -0.25) is 9.69 Å². The minimum atomic E-state index is -1.95. The number of aliphatic hydroxyl groups excluding tert-OH is 4. The fraction of sp³-hybridized carbons (Fsp3) is 0.837. The molecule has 0 spiro atoms. The Kier molecular flexibility index (Phi) is 16.2. The Bertz CT molecular complexity index is 1420. The Labute approximate surface area is 339 Å². The maximum atomic E-state index is 14.2. The van der Waals surface area contributed by atoms with Crippen molar-refractivity contribution in [2.75, 3.05) is 14.2 Å². The number of likely N-dealkylation sites (N-methyl/N-ethyl adjacent to an activating group) is 1. The normalized spacial score (nSPS) is 47.0. The first-order chi connectivity index (χ1) is 26.5. The molecule has 1 unspecified atom stereocenters. The van der Waals surface area contributed by atoms with Crippen molar-refractivity contribution >= 4 is 5.97 Å². The molecule has 0 radical (unpaired) electrons. The summed E-state index contributed by atoms with van der Waals surface area (Å²) in [5.74, 6) is -4.19. The highest BCUT2D eigenvalue weighted by Gasteiger charge is 2.53. The SMILES string of the molecule is CC[C@H]1OC(=O)[C@H](C)[C@@H](O[C@H]2C[C@@](C)(OC)[C@@H](O)[C@H](C)O2)[C@H](C)[C@@H](O[C@@H]2O[C@H](C)C[C@H](N(C)Cc3ccccc3)[C@H]2O)C(C)(O)C[C@@H](C)[C@H](O)[C@H](C)[C@@H](O)[C@]1(C)O. The van der Waals surface area contributed by atoms with Crippen LogP contribution < -0.4 is 0 Å². The number of rotatable bonds is 9. The molecule has 6 N–H and O–H groups in total. The fourth-order valence-electron chi connectivity index (χ4n) is 9.50. The largest absolute Gasteiger partial charge is 0.459 e. The molecule has 3 saturated heterocycles. The number of methoxy groups -OCH3 is 1. The van der Waals surface area contributed by atoms with Crippen LogP contribution in [0.1, 0.15) is 100 Å².